The number of nitrogens with one attached hydrogen (secondary N) is 2. The molecule has 0 radical (unpaired) electrons. The van der Waals surface area contributed by atoms with Gasteiger partial charge in [-0.05, 0) is 54.4 Å². The first-order chi connectivity index (χ1) is 17.7. The van der Waals surface area contributed by atoms with Crippen LogP contribution < -0.4 is 10.0 Å². The Labute approximate surface area is 228 Å². The van der Waals surface area contributed by atoms with Crippen molar-refractivity contribution in [3.8, 4) is 0 Å². The average molecular weight is 598 g/mol. The van der Waals surface area contributed by atoms with Crippen molar-refractivity contribution in [1.29, 1.82) is 0 Å². The van der Waals surface area contributed by atoms with Crippen molar-refractivity contribution in [1.82, 2.24) is 4.72 Å². The van der Waals surface area contributed by atoms with Gasteiger partial charge in [0, 0.05) is 20.6 Å². The van der Waals surface area contributed by atoms with Crippen LogP contribution in [0.4, 0.5) is 5.69 Å². The molecule has 1 atom stereocenters. The Kier molecular flexibility index (Phi) is 8.56. The minimum absolute atomic E-state index is 0.0213. The summed E-state index contributed by atoms with van der Waals surface area (Å²) in [5, 5.41) is 3.07. The van der Waals surface area contributed by atoms with E-state index in [9.17, 15) is 18.0 Å². The number of hydrogen-bond acceptors (Lipinski definition) is 4. The van der Waals surface area contributed by atoms with Crippen molar-refractivity contribution >= 4 is 54.9 Å². The normalized spacial score (nSPS) is 12.1. The zero-order valence-corrected chi connectivity index (χ0v) is 22.6. The van der Waals surface area contributed by atoms with Crippen LogP contribution in [0.15, 0.2) is 112 Å². The summed E-state index contributed by atoms with van der Waals surface area (Å²) in [6.45, 7) is 0. The molecule has 0 aromatic heterocycles. The quantitative estimate of drug-likeness (QED) is 0.236. The molecule has 4 aromatic rings. The SMILES string of the molecule is O=C(c1ccccc1)c1cc(Cl)ccc1NC(=O)[C@H](Cc1ccccc1)NS(=O)(=O)c1ccc(Br)cc1. The minimum atomic E-state index is -4.03. The third-order valence-electron chi connectivity index (χ3n) is 5.54. The molecule has 0 bridgehead atoms. The Bertz CT molecular complexity index is 1510. The van der Waals surface area contributed by atoms with E-state index in [1.807, 2.05) is 18.2 Å². The van der Waals surface area contributed by atoms with Crippen molar-refractivity contribution in [3.63, 3.8) is 0 Å². The van der Waals surface area contributed by atoms with Crippen molar-refractivity contribution in [2.24, 2.45) is 0 Å². The lowest BCUT2D eigenvalue weighted by atomic mass is 10.0. The van der Waals surface area contributed by atoms with Gasteiger partial charge < -0.3 is 5.32 Å². The molecule has 0 heterocycles. The Morgan fingerprint density at radius 1 is 0.838 bits per heavy atom. The second-order valence-corrected chi connectivity index (χ2v) is 11.3. The number of amides is 1. The van der Waals surface area contributed by atoms with Crippen molar-refractivity contribution in [2.75, 3.05) is 5.32 Å². The van der Waals surface area contributed by atoms with E-state index in [1.54, 1.807) is 60.7 Å². The zero-order valence-electron chi connectivity index (χ0n) is 19.4. The molecule has 0 unspecified atom stereocenters. The highest BCUT2D eigenvalue weighted by Crippen LogP contribution is 2.24. The fraction of sp³-hybridized carbons (Fsp3) is 0.0714. The lowest BCUT2D eigenvalue weighted by molar-refractivity contribution is -0.117. The predicted octanol–water partition coefficient (Wildman–Crippen LogP) is 5.86. The van der Waals surface area contributed by atoms with Crippen molar-refractivity contribution in [3.05, 3.63) is 129 Å². The minimum Gasteiger partial charge on any atom is -0.324 e. The second-order valence-electron chi connectivity index (χ2n) is 8.19. The van der Waals surface area contributed by atoms with E-state index >= 15 is 0 Å². The summed E-state index contributed by atoms with van der Waals surface area (Å²) in [4.78, 5) is 26.7. The van der Waals surface area contributed by atoms with Crippen LogP contribution in [0.2, 0.25) is 5.02 Å². The highest BCUT2D eigenvalue weighted by atomic mass is 79.9. The first-order valence-electron chi connectivity index (χ1n) is 11.2. The van der Waals surface area contributed by atoms with E-state index in [4.69, 9.17) is 11.6 Å². The monoisotopic (exact) mass is 596 g/mol. The summed E-state index contributed by atoms with van der Waals surface area (Å²) in [5.74, 6) is -0.942. The number of anilines is 1. The van der Waals surface area contributed by atoms with Crippen molar-refractivity contribution in [2.45, 2.75) is 17.4 Å². The van der Waals surface area contributed by atoms with E-state index in [-0.39, 0.29) is 28.4 Å². The van der Waals surface area contributed by atoms with Gasteiger partial charge >= 0.3 is 0 Å². The van der Waals surface area contributed by atoms with E-state index in [1.165, 1.54) is 24.3 Å². The number of halogens is 2. The molecule has 4 aromatic carbocycles. The van der Waals surface area contributed by atoms with Crippen LogP contribution >= 0.6 is 27.5 Å². The standard InChI is InChI=1S/C28H22BrClN2O4S/c29-21-11-14-23(15-12-21)37(35,36)32-26(17-19-7-3-1-4-8-19)28(34)31-25-16-13-22(30)18-24(25)27(33)20-9-5-2-6-10-20/h1-16,18,26,32H,17H2,(H,31,34)/t26-/m0/s1. The summed E-state index contributed by atoms with van der Waals surface area (Å²) in [6, 6.07) is 27.2. The molecule has 2 N–H and O–H groups in total. The van der Waals surface area contributed by atoms with Crippen LogP contribution in [0.5, 0.6) is 0 Å². The van der Waals surface area contributed by atoms with Gasteiger partial charge in [-0.1, -0.05) is 88.2 Å². The second kappa shape index (κ2) is 11.8. The number of ketones is 1. The van der Waals surface area contributed by atoms with Gasteiger partial charge in [0.1, 0.15) is 6.04 Å². The van der Waals surface area contributed by atoms with Gasteiger partial charge in [-0.25, -0.2) is 8.42 Å². The predicted molar refractivity (Wildman–Crippen MR) is 148 cm³/mol. The number of carbonyl (C=O) groups excluding carboxylic acids is 2. The lowest BCUT2D eigenvalue weighted by Gasteiger charge is -2.20. The van der Waals surface area contributed by atoms with Gasteiger partial charge in [0.05, 0.1) is 10.6 Å². The van der Waals surface area contributed by atoms with Crippen LogP contribution in [0.1, 0.15) is 21.5 Å². The summed E-state index contributed by atoms with van der Waals surface area (Å²) >= 11 is 9.45. The Morgan fingerprint density at radius 3 is 2.11 bits per heavy atom. The average Bonchev–Trinajstić information content (AvgIpc) is 2.90. The maximum absolute atomic E-state index is 13.5. The molecule has 0 fully saturated rings. The first-order valence-corrected chi connectivity index (χ1v) is 13.9. The largest absolute Gasteiger partial charge is 0.324 e. The molecule has 9 heteroatoms. The van der Waals surface area contributed by atoms with Gasteiger partial charge in [0.2, 0.25) is 15.9 Å². The van der Waals surface area contributed by atoms with Crippen molar-refractivity contribution < 1.29 is 18.0 Å². The number of carbonyl (C=O) groups is 2. The smallest absolute Gasteiger partial charge is 0.242 e. The molecule has 0 saturated carbocycles. The van der Waals surface area contributed by atoms with Crippen LogP contribution in [0, 0.1) is 0 Å². The number of sulfonamides is 1. The zero-order chi connectivity index (χ0) is 26.4. The van der Waals surface area contributed by atoms with Crippen LogP contribution in [0.25, 0.3) is 0 Å². The maximum Gasteiger partial charge on any atom is 0.242 e. The first kappa shape index (κ1) is 26.8. The fourth-order valence-electron chi connectivity index (χ4n) is 3.68. The van der Waals surface area contributed by atoms with Crippen LogP contribution in [0.3, 0.4) is 0 Å². The molecular weight excluding hydrogens is 576 g/mol. The van der Waals surface area contributed by atoms with Gasteiger partial charge in [-0.3, -0.25) is 9.59 Å². The molecule has 0 aliphatic heterocycles. The molecule has 0 aliphatic carbocycles. The molecule has 0 aliphatic rings. The van der Waals surface area contributed by atoms with E-state index < -0.39 is 22.0 Å². The van der Waals surface area contributed by atoms with E-state index in [2.05, 4.69) is 26.0 Å². The van der Waals surface area contributed by atoms with Crippen LogP contribution in [-0.2, 0) is 21.2 Å². The third kappa shape index (κ3) is 6.93. The van der Waals surface area contributed by atoms with Gasteiger partial charge in [-0.2, -0.15) is 4.72 Å². The summed E-state index contributed by atoms with van der Waals surface area (Å²) in [5.41, 5.74) is 1.61. The molecule has 0 saturated heterocycles. The Balaban J connectivity index is 1.65. The highest BCUT2D eigenvalue weighted by molar-refractivity contribution is 9.10. The molecule has 1 amide bonds. The fourth-order valence-corrected chi connectivity index (χ4v) is 5.32. The maximum atomic E-state index is 13.5. The number of rotatable bonds is 9. The van der Waals surface area contributed by atoms with E-state index in [0.29, 0.717) is 10.6 Å². The molecule has 4 rings (SSSR count). The Hall–Kier alpha value is -3.30. The topological polar surface area (TPSA) is 92.3 Å². The highest BCUT2D eigenvalue weighted by Gasteiger charge is 2.27. The van der Waals surface area contributed by atoms with Gasteiger partial charge in [0.15, 0.2) is 5.78 Å². The summed E-state index contributed by atoms with van der Waals surface area (Å²) in [7, 11) is -4.03. The molecule has 6 nitrogen and oxygen atoms in total. The molecule has 0 spiro atoms. The molecule has 188 valence electrons. The number of benzene rings is 4. The third-order valence-corrected chi connectivity index (χ3v) is 7.79. The van der Waals surface area contributed by atoms with Gasteiger partial charge in [-0.15, -0.1) is 0 Å². The number of hydrogen-bond donors (Lipinski definition) is 2. The van der Waals surface area contributed by atoms with Gasteiger partial charge in [0.25, 0.3) is 0 Å². The van der Waals surface area contributed by atoms with E-state index in [0.717, 1.165) is 10.0 Å². The molecular formula is C28H22BrClN2O4S. The summed E-state index contributed by atoms with van der Waals surface area (Å²) < 4.78 is 29.5. The summed E-state index contributed by atoms with van der Waals surface area (Å²) in [6.07, 6.45) is 0.0952. The Morgan fingerprint density at radius 2 is 1.46 bits per heavy atom. The molecule has 37 heavy (non-hydrogen) atoms. The lowest BCUT2D eigenvalue weighted by Crippen LogP contribution is -2.45. The van der Waals surface area contributed by atoms with Crippen LogP contribution in [-0.4, -0.2) is 26.2 Å².